The Balaban J connectivity index is 0.993. The minimum Gasteiger partial charge on any atom is -0.309 e. The van der Waals surface area contributed by atoms with Gasteiger partial charge in [-0.05, 0) is 94.5 Å². The summed E-state index contributed by atoms with van der Waals surface area (Å²) in [5, 5.41) is 4.58. The third-order valence-electron chi connectivity index (χ3n) is 16.2. The number of para-hydroxylation sites is 2. The number of hydrogen-bond donors (Lipinski definition) is 0. The second kappa shape index (κ2) is 21.2. The molecule has 16 aromatic rings. The molecular weight excluding hydrogens is 1050 g/mol. The topological polar surface area (TPSA) is 87.2 Å². The number of hydrogen-bond acceptors (Lipinski definition) is 6. The van der Waals surface area contributed by atoms with E-state index in [9.17, 15) is 0 Å². The molecule has 4 heterocycles. The maximum atomic E-state index is 5.48. The quantitative estimate of drug-likeness (QED) is 0.128. The summed E-state index contributed by atoms with van der Waals surface area (Å²) in [6.07, 6.45) is 0. The molecule has 8 nitrogen and oxygen atoms in total. The lowest BCUT2D eigenvalue weighted by atomic mass is 9.96. The molecule has 0 bridgehead atoms. The minimum absolute atomic E-state index is 0.530. The number of nitrogens with zero attached hydrogens (tertiary/aromatic N) is 8. The summed E-state index contributed by atoms with van der Waals surface area (Å²) in [5.74, 6) is 3.40. The summed E-state index contributed by atoms with van der Waals surface area (Å²) in [6, 6.07) is 106. The Kier molecular flexibility index (Phi) is 12.3. The summed E-state index contributed by atoms with van der Waals surface area (Å²) in [4.78, 5) is 31.8. The molecule has 402 valence electrons. The van der Waals surface area contributed by atoms with Crippen LogP contribution in [0, 0.1) is 0 Å². The zero-order valence-corrected chi connectivity index (χ0v) is 46.4. The summed E-state index contributed by atoms with van der Waals surface area (Å²) in [6.45, 7) is 0. The fraction of sp³-hybridized carbons (Fsp3) is 0. The Morgan fingerprint density at radius 2 is 0.465 bits per heavy atom. The Morgan fingerprint density at radius 1 is 0.174 bits per heavy atom. The van der Waals surface area contributed by atoms with Crippen LogP contribution in [0.25, 0.3) is 157 Å². The molecule has 8 heteroatoms. The van der Waals surface area contributed by atoms with Crippen molar-refractivity contribution in [3.8, 4) is 113 Å². The second-order valence-electron chi connectivity index (χ2n) is 21.4. The van der Waals surface area contributed by atoms with Gasteiger partial charge in [0.2, 0.25) is 0 Å². The molecule has 0 N–H and O–H groups in total. The molecule has 12 aromatic carbocycles. The van der Waals surface area contributed by atoms with Crippen molar-refractivity contribution in [3.63, 3.8) is 0 Å². The van der Waals surface area contributed by atoms with Crippen molar-refractivity contribution >= 4 is 43.6 Å². The number of benzene rings is 12. The lowest BCUT2D eigenvalue weighted by molar-refractivity contribution is 1.06. The minimum atomic E-state index is 0.530. The molecular formula is C78H50N8. The van der Waals surface area contributed by atoms with E-state index in [2.05, 4.69) is 215 Å². The van der Waals surface area contributed by atoms with Crippen molar-refractivity contribution in [1.29, 1.82) is 0 Å². The largest absolute Gasteiger partial charge is 0.309 e. The van der Waals surface area contributed by atoms with E-state index in [-0.39, 0.29) is 0 Å². The molecule has 0 saturated heterocycles. The van der Waals surface area contributed by atoms with Crippen LogP contribution in [-0.4, -0.2) is 39.0 Å². The summed E-state index contributed by atoms with van der Waals surface area (Å²) >= 11 is 0. The molecule has 0 aliphatic carbocycles. The van der Waals surface area contributed by atoms with E-state index in [1.165, 1.54) is 0 Å². The van der Waals surface area contributed by atoms with Gasteiger partial charge in [0.1, 0.15) is 0 Å². The van der Waals surface area contributed by atoms with Gasteiger partial charge in [-0.15, -0.1) is 0 Å². The zero-order chi connectivity index (χ0) is 56.9. The van der Waals surface area contributed by atoms with E-state index < -0.39 is 0 Å². The predicted molar refractivity (Wildman–Crippen MR) is 351 cm³/mol. The summed E-state index contributed by atoms with van der Waals surface area (Å²) in [7, 11) is 0. The SMILES string of the molecule is c1ccc(-c2ccc3c(c2)c2ccccc2n3-c2ccc(-c3nc(-c4ccccc4)nc(-c4ccccc4)n3)cc2-c2ccc(-n3c4ccccc4c4cc(-c5ccccc5)ccc43)c(-c3nc(-c4ccccc4)nc(-c4ccccc4)n3)c2)cc1. The fourth-order valence-corrected chi connectivity index (χ4v) is 12.1. The van der Waals surface area contributed by atoms with Crippen molar-refractivity contribution in [2.45, 2.75) is 0 Å². The van der Waals surface area contributed by atoms with Gasteiger partial charge in [0.15, 0.2) is 34.9 Å². The second-order valence-corrected chi connectivity index (χ2v) is 21.4. The normalized spacial score (nSPS) is 11.5. The van der Waals surface area contributed by atoms with E-state index in [1.54, 1.807) is 0 Å². The third kappa shape index (κ3) is 8.97. The van der Waals surface area contributed by atoms with E-state index in [0.717, 1.165) is 122 Å². The Bertz CT molecular complexity index is 5090. The monoisotopic (exact) mass is 1100 g/mol. The molecule has 0 fully saturated rings. The Hall–Kier alpha value is -11.7. The number of fused-ring (bicyclic) bond motifs is 6. The first-order valence-electron chi connectivity index (χ1n) is 28.8. The zero-order valence-electron chi connectivity index (χ0n) is 46.4. The van der Waals surface area contributed by atoms with Crippen molar-refractivity contribution in [1.82, 2.24) is 39.0 Å². The molecule has 0 amide bonds. The van der Waals surface area contributed by atoms with Gasteiger partial charge in [-0.2, -0.15) is 0 Å². The van der Waals surface area contributed by atoms with Gasteiger partial charge in [0, 0.05) is 60.5 Å². The number of rotatable bonds is 11. The van der Waals surface area contributed by atoms with Gasteiger partial charge in [-0.25, -0.2) is 29.9 Å². The van der Waals surface area contributed by atoms with Crippen molar-refractivity contribution < 1.29 is 0 Å². The molecule has 86 heavy (non-hydrogen) atoms. The van der Waals surface area contributed by atoms with E-state index in [4.69, 9.17) is 29.9 Å². The van der Waals surface area contributed by atoms with Gasteiger partial charge in [-0.1, -0.05) is 237 Å². The van der Waals surface area contributed by atoms with Crippen LogP contribution in [0.2, 0.25) is 0 Å². The highest BCUT2D eigenvalue weighted by Crippen LogP contribution is 2.44. The van der Waals surface area contributed by atoms with Crippen LogP contribution in [-0.2, 0) is 0 Å². The van der Waals surface area contributed by atoms with E-state index in [0.29, 0.717) is 34.9 Å². The highest BCUT2D eigenvalue weighted by molar-refractivity contribution is 6.12. The van der Waals surface area contributed by atoms with Crippen LogP contribution in [0.3, 0.4) is 0 Å². The fourth-order valence-electron chi connectivity index (χ4n) is 12.1. The molecule has 0 unspecified atom stereocenters. The first-order chi connectivity index (χ1) is 42.6. The van der Waals surface area contributed by atoms with Crippen molar-refractivity contribution in [2.75, 3.05) is 0 Å². The molecule has 16 rings (SSSR count). The molecule has 0 atom stereocenters. The maximum Gasteiger partial charge on any atom is 0.166 e. The highest BCUT2D eigenvalue weighted by Gasteiger charge is 2.24. The summed E-state index contributed by atoms with van der Waals surface area (Å²) < 4.78 is 4.79. The van der Waals surface area contributed by atoms with Gasteiger partial charge in [0.05, 0.1) is 33.4 Å². The highest BCUT2D eigenvalue weighted by atomic mass is 15.1. The first-order valence-corrected chi connectivity index (χ1v) is 28.8. The van der Waals surface area contributed by atoms with Gasteiger partial charge >= 0.3 is 0 Å². The van der Waals surface area contributed by atoms with Crippen LogP contribution in [0.1, 0.15) is 0 Å². The van der Waals surface area contributed by atoms with E-state index in [1.807, 2.05) is 97.1 Å². The van der Waals surface area contributed by atoms with Crippen LogP contribution in [0.15, 0.2) is 303 Å². The molecule has 0 saturated carbocycles. The maximum absolute atomic E-state index is 5.48. The average molecular weight is 1100 g/mol. The van der Waals surface area contributed by atoms with Crippen LogP contribution in [0.5, 0.6) is 0 Å². The van der Waals surface area contributed by atoms with Crippen LogP contribution < -0.4 is 0 Å². The smallest absolute Gasteiger partial charge is 0.166 e. The lowest BCUT2D eigenvalue weighted by Gasteiger charge is -2.19. The van der Waals surface area contributed by atoms with E-state index >= 15 is 0 Å². The molecule has 0 aliphatic heterocycles. The Morgan fingerprint density at radius 3 is 0.872 bits per heavy atom. The molecule has 4 aromatic heterocycles. The van der Waals surface area contributed by atoms with Gasteiger partial charge < -0.3 is 9.13 Å². The van der Waals surface area contributed by atoms with Gasteiger partial charge in [0.25, 0.3) is 0 Å². The lowest BCUT2D eigenvalue weighted by Crippen LogP contribution is -2.05. The standard InChI is InChI=1S/C78H50N8/c1-7-23-51(24-8-1)57-39-43-70-64(47-57)61-35-19-21-37-67(61)85(70)69-46-42-60(77-81-73(53-27-11-3-12-28-53)79-74(82-77)54-29-13-4-14-30-54)50-63(69)59-41-45-72(86-68-38-22-20-36-62(68)65-48-58(40-44-71(65)86)52-25-9-2-10-26-52)66(49-59)78-83-75(55-31-15-5-16-32-55)80-76(84-78)56-33-17-6-18-34-56/h1-50H. The Labute approximate surface area is 496 Å². The van der Waals surface area contributed by atoms with Crippen LogP contribution in [0.4, 0.5) is 0 Å². The predicted octanol–water partition coefficient (Wildman–Crippen LogP) is 19.3. The molecule has 0 aliphatic rings. The molecule has 0 spiro atoms. The van der Waals surface area contributed by atoms with Crippen LogP contribution >= 0.6 is 0 Å². The van der Waals surface area contributed by atoms with Crippen molar-refractivity contribution in [2.24, 2.45) is 0 Å². The summed E-state index contributed by atoms with van der Waals surface area (Å²) in [5.41, 5.74) is 17.9. The molecule has 0 radical (unpaired) electrons. The average Bonchev–Trinajstić information content (AvgIpc) is 1.83. The van der Waals surface area contributed by atoms with Crippen molar-refractivity contribution in [3.05, 3.63) is 303 Å². The van der Waals surface area contributed by atoms with Gasteiger partial charge in [-0.3, -0.25) is 0 Å². The first kappa shape index (κ1) is 50.0. The number of aromatic nitrogens is 8. The third-order valence-corrected chi connectivity index (χ3v) is 16.2.